The minimum Gasteiger partial charge on any atom is -0.468 e. The second kappa shape index (κ2) is 7.25. The lowest BCUT2D eigenvalue weighted by Gasteiger charge is -2.30. The van der Waals surface area contributed by atoms with Gasteiger partial charge in [-0.05, 0) is 44.7 Å². The maximum absolute atomic E-state index is 11.9. The van der Waals surface area contributed by atoms with Gasteiger partial charge >= 0.3 is 5.97 Å². The number of hydrogen-bond donors (Lipinski definition) is 1. The smallest absolute Gasteiger partial charge is 0.326 e. The average Bonchev–Trinajstić information content (AvgIpc) is 2.77. The summed E-state index contributed by atoms with van der Waals surface area (Å²) < 4.78 is 4.88. The van der Waals surface area contributed by atoms with Crippen LogP contribution in [0.1, 0.15) is 46.0 Å². The minimum atomic E-state index is -0.744. The number of hydrogen-bond acceptors (Lipinski definition) is 4. The molecule has 0 spiro atoms. The Morgan fingerprint density at radius 3 is 2.84 bits per heavy atom. The van der Waals surface area contributed by atoms with Crippen LogP contribution in [0, 0.1) is 11.8 Å². The lowest BCUT2D eigenvalue weighted by atomic mass is 9.85. The van der Waals surface area contributed by atoms with E-state index in [-0.39, 0.29) is 11.9 Å². The van der Waals surface area contributed by atoms with Gasteiger partial charge in [-0.3, -0.25) is 4.79 Å². The van der Waals surface area contributed by atoms with Gasteiger partial charge in [0, 0.05) is 6.54 Å². The lowest BCUT2D eigenvalue weighted by molar-refractivity contribution is -0.148. The maximum atomic E-state index is 11.9. The van der Waals surface area contributed by atoms with Crippen molar-refractivity contribution in [2.45, 2.75) is 51.5 Å². The van der Waals surface area contributed by atoms with Gasteiger partial charge in [-0.15, -0.1) is 0 Å². The summed E-state index contributed by atoms with van der Waals surface area (Å²) in [6, 6.07) is 0. The molecular formula is C15H30N2O2. The fourth-order valence-electron chi connectivity index (χ4n) is 3.09. The molecular weight excluding hydrogens is 240 g/mol. The highest BCUT2D eigenvalue weighted by atomic mass is 16.5. The van der Waals surface area contributed by atoms with Crippen LogP contribution in [0.3, 0.4) is 0 Å². The standard InChI is InChI=1S/C15H30N2O2/c1-5-12(2)11-17(3)10-8-13-7-6-9-15(13,16)14(18)19-4/h12-13H,5-11,16H2,1-4H3. The highest BCUT2D eigenvalue weighted by molar-refractivity contribution is 5.81. The van der Waals surface area contributed by atoms with Gasteiger partial charge in [0.2, 0.25) is 0 Å². The Hall–Kier alpha value is -0.610. The van der Waals surface area contributed by atoms with Crippen LogP contribution in [0.2, 0.25) is 0 Å². The third-order valence-corrected chi connectivity index (χ3v) is 4.62. The predicted octanol–water partition coefficient (Wildman–Crippen LogP) is 2.02. The van der Waals surface area contributed by atoms with Crippen molar-refractivity contribution in [1.29, 1.82) is 0 Å². The van der Waals surface area contributed by atoms with Crippen molar-refractivity contribution < 1.29 is 9.53 Å². The normalized spacial score (nSPS) is 28.6. The summed E-state index contributed by atoms with van der Waals surface area (Å²) in [5, 5.41) is 0. The Labute approximate surface area is 117 Å². The SMILES string of the molecule is CCC(C)CN(C)CCC1CCCC1(N)C(=O)OC. The maximum Gasteiger partial charge on any atom is 0.326 e. The van der Waals surface area contributed by atoms with E-state index in [4.69, 9.17) is 10.5 Å². The minimum absolute atomic E-state index is 0.237. The van der Waals surface area contributed by atoms with Crippen molar-refractivity contribution in [2.75, 3.05) is 27.2 Å². The summed E-state index contributed by atoms with van der Waals surface area (Å²) in [5.74, 6) is 0.746. The topological polar surface area (TPSA) is 55.6 Å². The lowest BCUT2D eigenvalue weighted by Crippen LogP contribution is -2.52. The number of ether oxygens (including phenoxy) is 1. The molecule has 112 valence electrons. The van der Waals surface area contributed by atoms with Crippen molar-refractivity contribution in [2.24, 2.45) is 17.6 Å². The molecule has 0 radical (unpaired) electrons. The first-order valence-corrected chi connectivity index (χ1v) is 7.49. The van der Waals surface area contributed by atoms with Crippen LogP contribution in [0.5, 0.6) is 0 Å². The van der Waals surface area contributed by atoms with Crippen LogP contribution in [-0.4, -0.2) is 43.7 Å². The van der Waals surface area contributed by atoms with Gasteiger partial charge in [0.25, 0.3) is 0 Å². The van der Waals surface area contributed by atoms with Crippen LogP contribution in [0.25, 0.3) is 0 Å². The van der Waals surface area contributed by atoms with Crippen LogP contribution in [0.15, 0.2) is 0 Å². The number of esters is 1. The number of nitrogens with zero attached hydrogens (tertiary/aromatic N) is 1. The Morgan fingerprint density at radius 2 is 2.26 bits per heavy atom. The van der Waals surface area contributed by atoms with E-state index in [1.807, 2.05) is 0 Å². The Balaban J connectivity index is 2.45. The predicted molar refractivity (Wildman–Crippen MR) is 77.8 cm³/mol. The fraction of sp³-hybridized carbons (Fsp3) is 0.933. The molecule has 1 aliphatic rings. The second-order valence-electron chi connectivity index (χ2n) is 6.19. The summed E-state index contributed by atoms with van der Waals surface area (Å²) in [7, 11) is 3.58. The Kier molecular flexibility index (Phi) is 6.27. The molecule has 3 unspecified atom stereocenters. The first-order chi connectivity index (χ1) is 8.93. The summed E-state index contributed by atoms with van der Waals surface area (Å²) in [6.45, 7) is 6.61. The third-order valence-electron chi connectivity index (χ3n) is 4.62. The third kappa shape index (κ3) is 4.18. The number of carbonyl (C=O) groups excluding carboxylic acids is 1. The van der Waals surface area contributed by atoms with Crippen molar-refractivity contribution in [1.82, 2.24) is 4.90 Å². The van der Waals surface area contributed by atoms with Gasteiger partial charge in [-0.1, -0.05) is 26.7 Å². The zero-order valence-corrected chi connectivity index (χ0v) is 12.9. The zero-order chi connectivity index (χ0) is 14.5. The highest BCUT2D eigenvalue weighted by Crippen LogP contribution is 2.37. The molecule has 0 aromatic heterocycles. The molecule has 0 amide bonds. The number of carbonyl (C=O) groups is 1. The van der Waals surface area contributed by atoms with Gasteiger partial charge in [0.15, 0.2) is 0 Å². The first kappa shape index (κ1) is 16.4. The molecule has 0 aromatic carbocycles. The monoisotopic (exact) mass is 270 g/mol. The molecule has 19 heavy (non-hydrogen) atoms. The van der Waals surface area contributed by atoms with Gasteiger partial charge in [-0.2, -0.15) is 0 Å². The molecule has 0 heterocycles. The van der Waals surface area contributed by atoms with Crippen LogP contribution >= 0.6 is 0 Å². The molecule has 0 bridgehead atoms. The van der Waals surface area contributed by atoms with E-state index in [2.05, 4.69) is 25.8 Å². The largest absolute Gasteiger partial charge is 0.468 e. The van der Waals surface area contributed by atoms with E-state index >= 15 is 0 Å². The number of nitrogens with two attached hydrogens (primary N) is 1. The summed E-state index contributed by atoms with van der Waals surface area (Å²) in [5.41, 5.74) is 5.53. The van der Waals surface area contributed by atoms with Gasteiger partial charge in [0.1, 0.15) is 5.54 Å². The van der Waals surface area contributed by atoms with E-state index < -0.39 is 5.54 Å². The molecule has 1 rings (SSSR count). The van der Waals surface area contributed by atoms with Crippen LogP contribution in [-0.2, 0) is 9.53 Å². The summed E-state index contributed by atoms with van der Waals surface area (Å²) in [6.07, 6.45) is 5.03. The van der Waals surface area contributed by atoms with E-state index in [1.165, 1.54) is 13.5 Å². The highest BCUT2D eigenvalue weighted by Gasteiger charge is 2.46. The van der Waals surface area contributed by atoms with Crippen molar-refractivity contribution in [3.8, 4) is 0 Å². The zero-order valence-electron chi connectivity index (χ0n) is 12.9. The van der Waals surface area contributed by atoms with Crippen molar-refractivity contribution in [3.63, 3.8) is 0 Å². The second-order valence-corrected chi connectivity index (χ2v) is 6.19. The Morgan fingerprint density at radius 1 is 1.58 bits per heavy atom. The van der Waals surface area contributed by atoms with Crippen molar-refractivity contribution in [3.05, 3.63) is 0 Å². The Bertz CT molecular complexity index is 296. The molecule has 1 saturated carbocycles. The quantitative estimate of drug-likeness (QED) is 0.719. The summed E-state index contributed by atoms with van der Waals surface area (Å²) in [4.78, 5) is 14.2. The number of rotatable bonds is 7. The molecule has 1 fully saturated rings. The molecule has 0 saturated heterocycles. The summed E-state index contributed by atoms with van der Waals surface area (Å²) >= 11 is 0. The molecule has 0 aromatic rings. The fourth-order valence-corrected chi connectivity index (χ4v) is 3.09. The molecule has 4 heteroatoms. The first-order valence-electron chi connectivity index (χ1n) is 7.49. The molecule has 0 aliphatic heterocycles. The molecule has 1 aliphatic carbocycles. The van der Waals surface area contributed by atoms with E-state index in [9.17, 15) is 4.79 Å². The van der Waals surface area contributed by atoms with Crippen LogP contribution in [0.4, 0.5) is 0 Å². The van der Waals surface area contributed by atoms with Gasteiger partial charge in [0.05, 0.1) is 7.11 Å². The van der Waals surface area contributed by atoms with Crippen LogP contribution < -0.4 is 5.73 Å². The average molecular weight is 270 g/mol. The van der Waals surface area contributed by atoms with Crippen molar-refractivity contribution >= 4 is 5.97 Å². The molecule has 4 nitrogen and oxygen atoms in total. The van der Waals surface area contributed by atoms with E-state index in [1.54, 1.807) is 0 Å². The van der Waals surface area contributed by atoms with E-state index in [0.717, 1.165) is 44.7 Å². The van der Waals surface area contributed by atoms with Gasteiger partial charge in [-0.25, -0.2) is 0 Å². The molecule has 3 atom stereocenters. The van der Waals surface area contributed by atoms with Gasteiger partial charge < -0.3 is 15.4 Å². The van der Waals surface area contributed by atoms with E-state index in [0.29, 0.717) is 0 Å². The molecule has 2 N–H and O–H groups in total. The number of methoxy groups -OCH3 is 1.